The lowest BCUT2D eigenvalue weighted by Crippen LogP contribution is -2.17. The van der Waals surface area contributed by atoms with Gasteiger partial charge >= 0.3 is 0 Å². The van der Waals surface area contributed by atoms with Crippen molar-refractivity contribution < 1.29 is 4.74 Å². The van der Waals surface area contributed by atoms with E-state index in [9.17, 15) is 0 Å². The summed E-state index contributed by atoms with van der Waals surface area (Å²) >= 11 is 0. The van der Waals surface area contributed by atoms with Crippen LogP contribution in [0.15, 0.2) is 24.3 Å². The van der Waals surface area contributed by atoms with Crippen molar-refractivity contribution in [3.05, 3.63) is 29.8 Å². The zero-order chi connectivity index (χ0) is 10.7. The zero-order valence-corrected chi connectivity index (χ0v) is 9.49. The van der Waals surface area contributed by atoms with Gasteiger partial charge < -0.3 is 10.1 Å². The molecule has 0 aromatic heterocycles. The van der Waals surface area contributed by atoms with Gasteiger partial charge in [-0.15, -0.1) is 0 Å². The molecule has 0 radical (unpaired) electrons. The highest BCUT2D eigenvalue weighted by Crippen LogP contribution is 2.32. The summed E-state index contributed by atoms with van der Waals surface area (Å²) in [7, 11) is 1.71. The molecule has 1 saturated heterocycles. The molecular formula is C13H19NO. The maximum Gasteiger partial charge on any atom is 0.118 e. The van der Waals surface area contributed by atoms with Gasteiger partial charge in [0.15, 0.2) is 0 Å². The van der Waals surface area contributed by atoms with E-state index in [1.165, 1.54) is 18.4 Å². The van der Waals surface area contributed by atoms with E-state index in [-0.39, 0.29) is 0 Å². The minimum atomic E-state index is 0.543. The number of ether oxygens (including phenoxy) is 1. The fourth-order valence-corrected chi connectivity index (χ4v) is 2.40. The monoisotopic (exact) mass is 205 g/mol. The summed E-state index contributed by atoms with van der Waals surface area (Å²) in [5.41, 5.74) is 1.39. The van der Waals surface area contributed by atoms with Crippen LogP contribution in [-0.2, 0) is 0 Å². The van der Waals surface area contributed by atoms with Gasteiger partial charge in [0.2, 0.25) is 0 Å². The molecule has 0 saturated carbocycles. The van der Waals surface area contributed by atoms with Gasteiger partial charge in [0, 0.05) is 6.04 Å². The zero-order valence-electron chi connectivity index (χ0n) is 9.49. The SMILES string of the molecule is CC[C@@H]1CCN[C@H]1c1ccc(OC)cc1. The smallest absolute Gasteiger partial charge is 0.118 e. The molecule has 82 valence electrons. The Morgan fingerprint density at radius 1 is 1.33 bits per heavy atom. The summed E-state index contributed by atoms with van der Waals surface area (Å²) in [6.45, 7) is 3.42. The van der Waals surface area contributed by atoms with Crippen LogP contribution in [-0.4, -0.2) is 13.7 Å². The van der Waals surface area contributed by atoms with E-state index in [0.717, 1.165) is 18.2 Å². The predicted molar refractivity (Wildman–Crippen MR) is 62.1 cm³/mol. The van der Waals surface area contributed by atoms with Crippen LogP contribution in [0.1, 0.15) is 31.4 Å². The van der Waals surface area contributed by atoms with Crippen LogP contribution in [0, 0.1) is 5.92 Å². The maximum absolute atomic E-state index is 5.16. The van der Waals surface area contributed by atoms with E-state index < -0.39 is 0 Å². The van der Waals surface area contributed by atoms with Crippen LogP contribution in [0.3, 0.4) is 0 Å². The molecule has 0 spiro atoms. The van der Waals surface area contributed by atoms with E-state index >= 15 is 0 Å². The third-order valence-corrected chi connectivity index (χ3v) is 3.35. The van der Waals surface area contributed by atoms with Crippen LogP contribution in [0.4, 0.5) is 0 Å². The van der Waals surface area contributed by atoms with Gasteiger partial charge in [0.25, 0.3) is 0 Å². The summed E-state index contributed by atoms with van der Waals surface area (Å²) in [6.07, 6.45) is 2.55. The standard InChI is InChI=1S/C13H19NO/c1-3-10-8-9-14-13(10)11-4-6-12(15-2)7-5-11/h4-7,10,13-14H,3,8-9H2,1-2H3/t10-,13-/m1/s1. The molecule has 0 unspecified atom stereocenters. The minimum Gasteiger partial charge on any atom is -0.497 e. The van der Waals surface area contributed by atoms with E-state index in [4.69, 9.17) is 4.74 Å². The fraction of sp³-hybridized carbons (Fsp3) is 0.538. The highest BCUT2D eigenvalue weighted by atomic mass is 16.5. The van der Waals surface area contributed by atoms with Crippen molar-refractivity contribution in [1.29, 1.82) is 0 Å². The summed E-state index contributed by atoms with van der Waals surface area (Å²) in [4.78, 5) is 0. The van der Waals surface area contributed by atoms with E-state index in [0.29, 0.717) is 6.04 Å². The summed E-state index contributed by atoms with van der Waals surface area (Å²) in [5, 5.41) is 3.57. The van der Waals surface area contributed by atoms with Gasteiger partial charge in [-0.05, 0) is 36.6 Å². The van der Waals surface area contributed by atoms with Crippen molar-refractivity contribution >= 4 is 0 Å². The molecule has 2 heteroatoms. The maximum atomic E-state index is 5.16. The number of rotatable bonds is 3. The van der Waals surface area contributed by atoms with Gasteiger partial charge in [-0.25, -0.2) is 0 Å². The molecule has 0 amide bonds. The van der Waals surface area contributed by atoms with Crippen molar-refractivity contribution in [2.75, 3.05) is 13.7 Å². The van der Waals surface area contributed by atoms with Crippen LogP contribution >= 0.6 is 0 Å². The number of nitrogens with one attached hydrogen (secondary N) is 1. The quantitative estimate of drug-likeness (QED) is 0.819. The molecule has 1 N–H and O–H groups in total. The number of hydrogen-bond donors (Lipinski definition) is 1. The first-order valence-electron chi connectivity index (χ1n) is 5.72. The Morgan fingerprint density at radius 3 is 2.67 bits per heavy atom. The largest absolute Gasteiger partial charge is 0.497 e. The molecule has 1 aromatic rings. The molecule has 2 rings (SSSR count). The molecule has 2 atom stereocenters. The topological polar surface area (TPSA) is 21.3 Å². The Labute approximate surface area is 91.6 Å². The van der Waals surface area contributed by atoms with Gasteiger partial charge in [0.05, 0.1) is 7.11 Å². The van der Waals surface area contributed by atoms with E-state index in [1.807, 2.05) is 12.1 Å². The number of hydrogen-bond acceptors (Lipinski definition) is 2. The second-order valence-electron chi connectivity index (χ2n) is 4.16. The third kappa shape index (κ3) is 2.15. The molecule has 1 aliphatic rings. The van der Waals surface area contributed by atoms with Crippen molar-refractivity contribution in [3.63, 3.8) is 0 Å². The molecule has 1 aliphatic heterocycles. The Bertz CT molecular complexity index is 307. The van der Waals surface area contributed by atoms with E-state index in [2.05, 4.69) is 24.4 Å². The summed E-state index contributed by atoms with van der Waals surface area (Å²) in [5.74, 6) is 1.73. The molecule has 1 heterocycles. The first-order chi connectivity index (χ1) is 7.35. The van der Waals surface area contributed by atoms with Gasteiger partial charge in [-0.2, -0.15) is 0 Å². The molecule has 1 fully saturated rings. The number of benzene rings is 1. The molecule has 2 nitrogen and oxygen atoms in total. The van der Waals surface area contributed by atoms with Gasteiger partial charge in [0.1, 0.15) is 5.75 Å². The lowest BCUT2D eigenvalue weighted by Gasteiger charge is -2.18. The molecule has 1 aromatic carbocycles. The Hall–Kier alpha value is -1.02. The third-order valence-electron chi connectivity index (χ3n) is 3.35. The summed E-state index contributed by atoms with van der Waals surface area (Å²) in [6, 6.07) is 8.97. The molecular weight excluding hydrogens is 186 g/mol. The molecule has 0 bridgehead atoms. The highest BCUT2D eigenvalue weighted by molar-refractivity contribution is 5.29. The lowest BCUT2D eigenvalue weighted by atomic mass is 9.92. The highest BCUT2D eigenvalue weighted by Gasteiger charge is 2.26. The van der Waals surface area contributed by atoms with Crippen molar-refractivity contribution in [1.82, 2.24) is 5.32 Å². The average molecular weight is 205 g/mol. The second kappa shape index (κ2) is 4.67. The Kier molecular flexibility index (Phi) is 3.27. The van der Waals surface area contributed by atoms with Crippen LogP contribution < -0.4 is 10.1 Å². The predicted octanol–water partition coefficient (Wildman–Crippen LogP) is 2.76. The van der Waals surface area contributed by atoms with Crippen LogP contribution in [0.5, 0.6) is 5.75 Å². The van der Waals surface area contributed by atoms with Crippen molar-refractivity contribution in [3.8, 4) is 5.75 Å². The minimum absolute atomic E-state index is 0.543. The van der Waals surface area contributed by atoms with Crippen molar-refractivity contribution in [2.45, 2.75) is 25.8 Å². The first kappa shape index (κ1) is 10.5. The normalized spacial score (nSPS) is 25.5. The Balaban J connectivity index is 2.14. The van der Waals surface area contributed by atoms with E-state index in [1.54, 1.807) is 7.11 Å². The van der Waals surface area contributed by atoms with Crippen LogP contribution in [0.2, 0.25) is 0 Å². The average Bonchev–Trinajstić information content (AvgIpc) is 2.77. The first-order valence-corrected chi connectivity index (χ1v) is 5.72. The molecule has 0 aliphatic carbocycles. The second-order valence-corrected chi connectivity index (χ2v) is 4.16. The van der Waals surface area contributed by atoms with Crippen LogP contribution in [0.25, 0.3) is 0 Å². The lowest BCUT2D eigenvalue weighted by molar-refractivity contribution is 0.413. The summed E-state index contributed by atoms with van der Waals surface area (Å²) < 4.78 is 5.16. The Morgan fingerprint density at radius 2 is 2.07 bits per heavy atom. The fourth-order valence-electron chi connectivity index (χ4n) is 2.40. The van der Waals surface area contributed by atoms with Crippen molar-refractivity contribution in [2.24, 2.45) is 5.92 Å². The van der Waals surface area contributed by atoms with Gasteiger partial charge in [-0.1, -0.05) is 25.5 Å². The van der Waals surface area contributed by atoms with Gasteiger partial charge in [-0.3, -0.25) is 0 Å². The number of methoxy groups -OCH3 is 1. The molecule has 15 heavy (non-hydrogen) atoms.